The van der Waals surface area contributed by atoms with Gasteiger partial charge in [0.15, 0.2) is 0 Å². The van der Waals surface area contributed by atoms with Gasteiger partial charge in [0, 0.05) is 0 Å². The zero-order valence-corrected chi connectivity index (χ0v) is 14.1. The van der Waals surface area contributed by atoms with E-state index in [1.165, 1.54) is 0 Å². The Morgan fingerprint density at radius 2 is 1.14 bits per heavy atom. The predicted octanol–water partition coefficient (Wildman–Crippen LogP) is 4.72. The van der Waals surface area contributed by atoms with E-state index in [1.807, 2.05) is 27.7 Å². The molecule has 0 spiro atoms. The van der Waals surface area contributed by atoms with E-state index in [0.29, 0.717) is 25.7 Å². The van der Waals surface area contributed by atoms with Gasteiger partial charge < -0.3 is 10.2 Å². The minimum atomic E-state index is -0.917. The van der Waals surface area contributed by atoms with E-state index in [-0.39, 0.29) is 6.42 Å². The van der Waals surface area contributed by atoms with E-state index in [4.69, 9.17) is 0 Å². The minimum absolute atomic E-state index is 0.248. The van der Waals surface area contributed by atoms with Crippen LogP contribution >= 0.6 is 0 Å². The van der Waals surface area contributed by atoms with Gasteiger partial charge in [-0.2, -0.15) is 0 Å². The molecule has 0 bridgehead atoms. The van der Waals surface area contributed by atoms with Crippen LogP contribution in [0.1, 0.15) is 85.5 Å². The molecule has 0 amide bonds. The summed E-state index contributed by atoms with van der Waals surface area (Å²) >= 11 is 0. The van der Waals surface area contributed by atoms with Gasteiger partial charge in [-0.1, -0.05) is 53.4 Å². The molecule has 0 fully saturated rings. The first-order chi connectivity index (χ1) is 9.84. The summed E-state index contributed by atoms with van der Waals surface area (Å²) in [6.07, 6.45) is 5.88. The van der Waals surface area contributed by atoms with Crippen molar-refractivity contribution in [1.82, 2.24) is 0 Å². The van der Waals surface area contributed by atoms with E-state index < -0.39 is 22.8 Å². The molecule has 0 aliphatic rings. The lowest BCUT2D eigenvalue weighted by atomic mass is 9.64. The maximum atomic E-state index is 12.0. The second kappa shape index (κ2) is 9.06. The van der Waals surface area contributed by atoms with Crippen molar-refractivity contribution in [3.63, 3.8) is 0 Å². The van der Waals surface area contributed by atoms with Gasteiger partial charge >= 0.3 is 11.9 Å². The lowest BCUT2D eigenvalue weighted by molar-refractivity contribution is -0.160. The van der Waals surface area contributed by atoms with Crippen molar-refractivity contribution < 1.29 is 19.8 Å². The number of hydrogen-bond donors (Lipinski definition) is 2. The highest BCUT2D eigenvalue weighted by Crippen LogP contribution is 2.46. The SMILES string of the molecule is CCCCC(CCCC)(CC(CC)(CC)C(=O)O)C(=O)O. The Morgan fingerprint density at radius 1 is 0.762 bits per heavy atom. The first-order valence-corrected chi connectivity index (χ1v) is 8.31. The highest BCUT2D eigenvalue weighted by Gasteiger charge is 2.47. The summed E-state index contributed by atoms with van der Waals surface area (Å²) in [5.74, 6) is -1.68. The van der Waals surface area contributed by atoms with Crippen LogP contribution in [0, 0.1) is 10.8 Å². The Hall–Kier alpha value is -1.06. The van der Waals surface area contributed by atoms with E-state index in [2.05, 4.69) is 0 Å². The quantitative estimate of drug-likeness (QED) is 0.547. The molecule has 0 aliphatic heterocycles. The third-order valence-electron chi connectivity index (χ3n) is 4.96. The molecule has 4 nitrogen and oxygen atoms in total. The first kappa shape index (κ1) is 19.9. The fourth-order valence-corrected chi connectivity index (χ4v) is 3.15. The lowest BCUT2D eigenvalue weighted by Crippen LogP contribution is -2.41. The van der Waals surface area contributed by atoms with Crippen molar-refractivity contribution >= 4 is 11.9 Å². The molecule has 0 aromatic carbocycles. The number of carboxylic acid groups (broad SMARTS) is 2. The molecule has 0 aromatic heterocycles. The average Bonchev–Trinajstić information content (AvgIpc) is 2.46. The Balaban J connectivity index is 5.52. The molecule has 0 saturated heterocycles. The molecule has 124 valence electrons. The van der Waals surface area contributed by atoms with Gasteiger partial charge in [0.2, 0.25) is 0 Å². The van der Waals surface area contributed by atoms with Crippen LogP contribution in [0.25, 0.3) is 0 Å². The van der Waals surface area contributed by atoms with Gasteiger partial charge in [0.1, 0.15) is 0 Å². The standard InChI is InChI=1S/C17H32O4/c1-5-9-11-17(15(20)21,12-10-6-2)13-16(7-3,8-4)14(18)19/h5-13H2,1-4H3,(H,18,19)(H,20,21). The summed E-state index contributed by atoms with van der Waals surface area (Å²) in [6, 6.07) is 0. The predicted molar refractivity (Wildman–Crippen MR) is 84.4 cm³/mol. The molecule has 2 N–H and O–H groups in total. The molecule has 0 heterocycles. The van der Waals surface area contributed by atoms with Crippen LogP contribution in [-0.2, 0) is 9.59 Å². The molecule has 0 aliphatic carbocycles. The van der Waals surface area contributed by atoms with Crippen LogP contribution < -0.4 is 0 Å². The average molecular weight is 300 g/mol. The molecule has 0 atom stereocenters. The summed E-state index contributed by atoms with van der Waals surface area (Å²) in [5, 5.41) is 19.4. The molecule has 21 heavy (non-hydrogen) atoms. The van der Waals surface area contributed by atoms with E-state index in [0.717, 1.165) is 25.7 Å². The monoisotopic (exact) mass is 300 g/mol. The number of rotatable bonds is 12. The lowest BCUT2D eigenvalue weighted by Gasteiger charge is -2.38. The van der Waals surface area contributed by atoms with Crippen molar-refractivity contribution in [3.8, 4) is 0 Å². The van der Waals surface area contributed by atoms with Crippen LogP contribution in [0.15, 0.2) is 0 Å². The van der Waals surface area contributed by atoms with Crippen molar-refractivity contribution in [1.29, 1.82) is 0 Å². The third-order valence-corrected chi connectivity index (χ3v) is 4.96. The van der Waals surface area contributed by atoms with Gasteiger partial charge in [0.25, 0.3) is 0 Å². The number of carboxylic acids is 2. The van der Waals surface area contributed by atoms with Crippen molar-refractivity contribution in [3.05, 3.63) is 0 Å². The van der Waals surface area contributed by atoms with Crippen LogP contribution in [-0.4, -0.2) is 22.2 Å². The fraction of sp³-hybridized carbons (Fsp3) is 0.882. The largest absolute Gasteiger partial charge is 0.481 e. The summed E-state index contributed by atoms with van der Waals surface area (Å²) < 4.78 is 0. The normalized spacial score (nSPS) is 12.4. The minimum Gasteiger partial charge on any atom is -0.481 e. The highest BCUT2D eigenvalue weighted by molar-refractivity contribution is 5.79. The summed E-state index contributed by atoms with van der Waals surface area (Å²) in [5.41, 5.74) is -1.81. The molecule has 0 aromatic rings. The fourth-order valence-electron chi connectivity index (χ4n) is 3.15. The van der Waals surface area contributed by atoms with E-state index in [1.54, 1.807) is 0 Å². The number of carbonyl (C=O) groups is 2. The summed E-state index contributed by atoms with van der Waals surface area (Å²) in [4.78, 5) is 23.7. The van der Waals surface area contributed by atoms with Gasteiger partial charge in [-0.25, -0.2) is 0 Å². The molecule has 4 heteroatoms. The van der Waals surface area contributed by atoms with E-state index in [9.17, 15) is 19.8 Å². The van der Waals surface area contributed by atoms with Gasteiger partial charge in [-0.05, 0) is 32.1 Å². The summed E-state index contributed by atoms with van der Waals surface area (Å²) in [7, 11) is 0. The van der Waals surface area contributed by atoms with Crippen LogP contribution in [0.5, 0.6) is 0 Å². The number of unbranched alkanes of at least 4 members (excludes halogenated alkanes) is 2. The molecule has 0 radical (unpaired) electrons. The zero-order chi connectivity index (χ0) is 16.5. The molecule has 0 rings (SSSR count). The van der Waals surface area contributed by atoms with Gasteiger partial charge in [-0.3, -0.25) is 9.59 Å². The van der Waals surface area contributed by atoms with Crippen LogP contribution in [0.3, 0.4) is 0 Å². The highest BCUT2D eigenvalue weighted by atomic mass is 16.4. The second-order valence-electron chi connectivity index (χ2n) is 6.26. The Bertz CT molecular complexity index is 324. The molecular weight excluding hydrogens is 268 g/mol. The summed E-state index contributed by atoms with van der Waals surface area (Å²) in [6.45, 7) is 7.78. The van der Waals surface area contributed by atoms with Crippen LogP contribution in [0.2, 0.25) is 0 Å². The topological polar surface area (TPSA) is 74.6 Å². The Kier molecular flexibility index (Phi) is 8.60. The van der Waals surface area contributed by atoms with Crippen molar-refractivity contribution in [2.75, 3.05) is 0 Å². The van der Waals surface area contributed by atoms with Gasteiger partial charge in [0.05, 0.1) is 10.8 Å². The molecule has 0 unspecified atom stereocenters. The second-order valence-corrected chi connectivity index (χ2v) is 6.26. The van der Waals surface area contributed by atoms with Crippen molar-refractivity contribution in [2.24, 2.45) is 10.8 Å². The first-order valence-electron chi connectivity index (χ1n) is 8.31. The molecule has 0 saturated carbocycles. The van der Waals surface area contributed by atoms with E-state index >= 15 is 0 Å². The maximum absolute atomic E-state index is 12.0. The Morgan fingerprint density at radius 3 is 1.38 bits per heavy atom. The zero-order valence-electron chi connectivity index (χ0n) is 14.1. The Labute approximate surface area is 128 Å². The molecular formula is C17H32O4. The number of aliphatic carboxylic acids is 2. The van der Waals surface area contributed by atoms with Crippen LogP contribution in [0.4, 0.5) is 0 Å². The van der Waals surface area contributed by atoms with Crippen molar-refractivity contribution in [2.45, 2.75) is 85.5 Å². The van der Waals surface area contributed by atoms with Gasteiger partial charge in [-0.15, -0.1) is 0 Å². The maximum Gasteiger partial charge on any atom is 0.309 e. The number of hydrogen-bond acceptors (Lipinski definition) is 2. The third kappa shape index (κ3) is 5.01. The smallest absolute Gasteiger partial charge is 0.309 e.